The summed E-state index contributed by atoms with van der Waals surface area (Å²) in [5, 5.41) is 6.76. The van der Waals surface area contributed by atoms with Gasteiger partial charge in [-0.25, -0.2) is 4.98 Å². The summed E-state index contributed by atoms with van der Waals surface area (Å²) in [6, 6.07) is 4.29. The lowest BCUT2D eigenvalue weighted by Gasteiger charge is -2.11. The van der Waals surface area contributed by atoms with Crippen LogP contribution < -0.4 is 10.6 Å². The lowest BCUT2D eigenvalue weighted by Crippen LogP contribution is -2.19. The van der Waals surface area contributed by atoms with E-state index in [0.29, 0.717) is 12.5 Å². The fourth-order valence-electron chi connectivity index (χ4n) is 1.81. The number of pyridine rings is 1. The Kier molecular flexibility index (Phi) is 7.45. The molecule has 0 saturated heterocycles. The molecular weight excluding hydrogens is 238 g/mol. The van der Waals surface area contributed by atoms with Crippen LogP contribution in [-0.4, -0.2) is 31.8 Å². The molecule has 0 aromatic carbocycles. The standard InChI is InChI=1S/C15H27N3O/c1-5-14-8-13(11-16-10-12(2)3)9-15(18-14)17-6-7-19-4/h8-9,12,16H,5-7,10-11H2,1-4H3,(H,17,18). The maximum Gasteiger partial charge on any atom is 0.126 e. The molecule has 0 aliphatic rings. The Balaban J connectivity index is 2.60. The number of aryl methyl sites for hydroxylation is 1. The smallest absolute Gasteiger partial charge is 0.126 e. The first-order valence-corrected chi connectivity index (χ1v) is 7.09. The van der Waals surface area contributed by atoms with E-state index in [1.54, 1.807) is 7.11 Å². The number of ether oxygens (including phenoxy) is 1. The molecule has 0 bridgehead atoms. The Morgan fingerprint density at radius 2 is 2.11 bits per heavy atom. The fraction of sp³-hybridized carbons (Fsp3) is 0.667. The largest absolute Gasteiger partial charge is 0.383 e. The van der Waals surface area contributed by atoms with Crippen LogP contribution in [0, 0.1) is 5.92 Å². The van der Waals surface area contributed by atoms with Gasteiger partial charge in [-0.2, -0.15) is 0 Å². The highest BCUT2D eigenvalue weighted by molar-refractivity contribution is 5.39. The first-order valence-electron chi connectivity index (χ1n) is 7.09. The number of rotatable bonds is 9. The SMILES string of the molecule is CCc1cc(CNCC(C)C)cc(NCCOC)n1. The summed E-state index contributed by atoms with van der Waals surface area (Å²) in [5.74, 6) is 1.62. The second-order valence-corrected chi connectivity index (χ2v) is 5.15. The third-order valence-corrected chi connectivity index (χ3v) is 2.79. The van der Waals surface area contributed by atoms with E-state index in [0.717, 1.165) is 37.6 Å². The topological polar surface area (TPSA) is 46.2 Å². The summed E-state index contributed by atoms with van der Waals surface area (Å²) < 4.78 is 5.04. The van der Waals surface area contributed by atoms with Crippen LogP contribution in [0.15, 0.2) is 12.1 Å². The molecule has 0 fully saturated rings. The van der Waals surface area contributed by atoms with Crippen molar-refractivity contribution in [3.8, 4) is 0 Å². The third-order valence-electron chi connectivity index (χ3n) is 2.79. The van der Waals surface area contributed by atoms with Crippen LogP contribution in [0.3, 0.4) is 0 Å². The average molecular weight is 265 g/mol. The van der Waals surface area contributed by atoms with E-state index in [9.17, 15) is 0 Å². The number of aromatic nitrogens is 1. The second kappa shape index (κ2) is 8.88. The van der Waals surface area contributed by atoms with Crippen molar-refractivity contribution in [3.63, 3.8) is 0 Å². The number of hydrogen-bond donors (Lipinski definition) is 2. The van der Waals surface area contributed by atoms with Crippen molar-refractivity contribution in [2.75, 3.05) is 32.1 Å². The molecule has 0 spiro atoms. The van der Waals surface area contributed by atoms with Crippen LogP contribution in [0.2, 0.25) is 0 Å². The number of methoxy groups -OCH3 is 1. The molecule has 1 aromatic heterocycles. The van der Waals surface area contributed by atoms with E-state index in [1.807, 2.05) is 0 Å². The van der Waals surface area contributed by atoms with E-state index < -0.39 is 0 Å². The molecule has 1 heterocycles. The minimum Gasteiger partial charge on any atom is -0.383 e. The molecule has 0 amide bonds. The molecule has 1 rings (SSSR count). The highest BCUT2D eigenvalue weighted by atomic mass is 16.5. The second-order valence-electron chi connectivity index (χ2n) is 5.15. The van der Waals surface area contributed by atoms with Gasteiger partial charge in [0.1, 0.15) is 5.82 Å². The van der Waals surface area contributed by atoms with Crippen molar-refractivity contribution in [1.82, 2.24) is 10.3 Å². The van der Waals surface area contributed by atoms with E-state index in [2.05, 4.69) is 48.5 Å². The van der Waals surface area contributed by atoms with Crippen LogP contribution >= 0.6 is 0 Å². The van der Waals surface area contributed by atoms with E-state index in [1.165, 1.54) is 5.56 Å². The molecule has 0 unspecified atom stereocenters. The van der Waals surface area contributed by atoms with Gasteiger partial charge in [-0.15, -0.1) is 0 Å². The summed E-state index contributed by atoms with van der Waals surface area (Å²) in [4.78, 5) is 4.57. The van der Waals surface area contributed by atoms with Crippen LogP contribution in [-0.2, 0) is 17.7 Å². The number of nitrogens with one attached hydrogen (secondary N) is 2. The molecule has 2 N–H and O–H groups in total. The van der Waals surface area contributed by atoms with Crippen LogP contribution in [0.25, 0.3) is 0 Å². The molecule has 0 atom stereocenters. The van der Waals surface area contributed by atoms with Crippen molar-refractivity contribution < 1.29 is 4.74 Å². The quantitative estimate of drug-likeness (QED) is 0.673. The summed E-state index contributed by atoms with van der Waals surface area (Å²) in [5.41, 5.74) is 2.41. The predicted octanol–water partition coefficient (Wildman–Crippen LogP) is 2.45. The summed E-state index contributed by atoms with van der Waals surface area (Å²) >= 11 is 0. The molecule has 108 valence electrons. The summed E-state index contributed by atoms with van der Waals surface area (Å²) in [7, 11) is 1.71. The maximum atomic E-state index is 5.04. The van der Waals surface area contributed by atoms with Crippen molar-refractivity contribution in [2.24, 2.45) is 5.92 Å². The summed E-state index contributed by atoms with van der Waals surface area (Å²) in [6.45, 7) is 9.98. The molecule has 19 heavy (non-hydrogen) atoms. The summed E-state index contributed by atoms with van der Waals surface area (Å²) in [6.07, 6.45) is 0.955. The van der Waals surface area contributed by atoms with Gasteiger partial charge in [0.2, 0.25) is 0 Å². The molecule has 0 aliphatic carbocycles. The van der Waals surface area contributed by atoms with Crippen LogP contribution in [0.5, 0.6) is 0 Å². The molecule has 4 heteroatoms. The van der Waals surface area contributed by atoms with Crippen molar-refractivity contribution in [3.05, 3.63) is 23.4 Å². The first-order chi connectivity index (χ1) is 9.15. The van der Waals surface area contributed by atoms with Gasteiger partial charge in [0.05, 0.1) is 6.61 Å². The van der Waals surface area contributed by atoms with Crippen molar-refractivity contribution in [2.45, 2.75) is 33.7 Å². The minimum absolute atomic E-state index is 0.673. The van der Waals surface area contributed by atoms with Crippen molar-refractivity contribution in [1.29, 1.82) is 0 Å². The zero-order valence-corrected chi connectivity index (χ0v) is 12.6. The van der Waals surface area contributed by atoms with E-state index in [-0.39, 0.29) is 0 Å². The Morgan fingerprint density at radius 3 is 2.74 bits per heavy atom. The monoisotopic (exact) mass is 265 g/mol. The van der Waals surface area contributed by atoms with Gasteiger partial charge in [0, 0.05) is 25.9 Å². The highest BCUT2D eigenvalue weighted by Crippen LogP contribution is 2.11. The minimum atomic E-state index is 0.673. The zero-order chi connectivity index (χ0) is 14.1. The van der Waals surface area contributed by atoms with Gasteiger partial charge in [-0.1, -0.05) is 20.8 Å². The number of hydrogen-bond acceptors (Lipinski definition) is 4. The maximum absolute atomic E-state index is 5.04. The normalized spacial score (nSPS) is 11.0. The molecular formula is C15H27N3O. The third kappa shape index (κ3) is 6.55. The number of anilines is 1. The van der Waals surface area contributed by atoms with E-state index >= 15 is 0 Å². The molecule has 4 nitrogen and oxygen atoms in total. The van der Waals surface area contributed by atoms with Gasteiger partial charge in [-0.3, -0.25) is 0 Å². The Morgan fingerprint density at radius 1 is 1.32 bits per heavy atom. The zero-order valence-electron chi connectivity index (χ0n) is 12.6. The predicted molar refractivity (Wildman–Crippen MR) is 80.5 cm³/mol. The first kappa shape index (κ1) is 15.9. The van der Waals surface area contributed by atoms with Gasteiger partial charge < -0.3 is 15.4 Å². The molecule has 0 saturated carbocycles. The lowest BCUT2D eigenvalue weighted by molar-refractivity contribution is 0.210. The Labute approximate surface area is 117 Å². The molecule has 0 radical (unpaired) electrons. The fourth-order valence-corrected chi connectivity index (χ4v) is 1.81. The van der Waals surface area contributed by atoms with E-state index in [4.69, 9.17) is 4.74 Å². The van der Waals surface area contributed by atoms with Gasteiger partial charge in [0.25, 0.3) is 0 Å². The molecule has 1 aromatic rings. The lowest BCUT2D eigenvalue weighted by atomic mass is 10.1. The van der Waals surface area contributed by atoms with Crippen molar-refractivity contribution >= 4 is 5.82 Å². The van der Waals surface area contributed by atoms with Gasteiger partial charge in [0.15, 0.2) is 0 Å². The number of nitrogens with zero attached hydrogens (tertiary/aromatic N) is 1. The highest BCUT2D eigenvalue weighted by Gasteiger charge is 2.02. The Hall–Kier alpha value is -1.13. The Bertz CT molecular complexity index is 366. The molecule has 0 aliphatic heterocycles. The average Bonchev–Trinajstić information content (AvgIpc) is 2.38. The van der Waals surface area contributed by atoms with Crippen LogP contribution in [0.1, 0.15) is 32.0 Å². The van der Waals surface area contributed by atoms with Crippen LogP contribution in [0.4, 0.5) is 5.82 Å². The van der Waals surface area contributed by atoms with Gasteiger partial charge >= 0.3 is 0 Å². The van der Waals surface area contributed by atoms with Gasteiger partial charge in [-0.05, 0) is 36.6 Å².